The van der Waals surface area contributed by atoms with Gasteiger partial charge in [-0.1, -0.05) is 61.1 Å². The highest BCUT2D eigenvalue weighted by Gasteiger charge is 2.48. The smallest absolute Gasteiger partial charge is 0.301 e. The van der Waals surface area contributed by atoms with E-state index in [-0.39, 0.29) is 16.5 Å². The highest BCUT2D eigenvalue weighted by Crippen LogP contribution is 2.46. The van der Waals surface area contributed by atoms with Gasteiger partial charge in [-0.05, 0) is 62.1 Å². The summed E-state index contributed by atoms with van der Waals surface area (Å²) in [5, 5.41) is 11.6. The number of hydrogen-bond acceptors (Lipinski definition) is 7. The van der Waals surface area contributed by atoms with E-state index in [1.165, 1.54) is 23.1 Å². The molecule has 1 aliphatic rings. The first-order valence-corrected chi connectivity index (χ1v) is 14.3. The van der Waals surface area contributed by atoms with E-state index in [0.29, 0.717) is 52.0 Å². The number of Topliss-reactive ketones (excluding diaryl/α,β-unsaturated/α-hetero) is 1. The van der Waals surface area contributed by atoms with Crippen molar-refractivity contribution in [1.29, 1.82) is 0 Å². The molecule has 212 valence electrons. The summed E-state index contributed by atoms with van der Waals surface area (Å²) in [6.07, 6.45) is 0.863. The van der Waals surface area contributed by atoms with Crippen LogP contribution >= 0.6 is 11.3 Å². The molecule has 1 unspecified atom stereocenters. The van der Waals surface area contributed by atoms with Gasteiger partial charge >= 0.3 is 5.91 Å². The highest BCUT2D eigenvalue weighted by atomic mass is 32.1. The van der Waals surface area contributed by atoms with Crippen LogP contribution < -0.4 is 14.4 Å². The van der Waals surface area contributed by atoms with Crippen molar-refractivity contribution in [3.63, 3.8) is 0 Å². The van der Waals surface area contributed by atoms with Crippen LogP contribution in [0.5, 0.6) is 11.5 Å². The van der Waals surface area contributed by atoms with Crippen LogP contribution in [0.1, 0.15) is 49.9 Å². The molecule has 4 aromatic rings. The summed E-state index contributed by atoms with van der Waals surface area (Å²) in [7, 11) is 0. The van der Waals surface area contributed by atoms with Gasteiger partial charge in [0.2, 0.25) is 0 Å². The van der Waals surface area contributed by atoms with Crippen LogP contribution in [0.25, 0.3) is 16.0 Å². The summed E-state index contributed by atoms with van der Waals surface area (Å²) in [5.41, 5.74) is 2.34. The van der Waals surface area contributed by atoms with Gasteiger partial charge in [0.25, 0.3) is 5.78 Å². The molecule has 0 radical (unpaired) electrons. The molecule has 5 rings (SSSR count). The molecule has 0 aliphatic carbocycles. The second-order valence-corrected chi connectivity index (χ2v) is 11.3. The Labute approximate surface area is 241 Å². The minimum atomic E-state index is -1.01. The van der Waals surface area contributed by atoms with E-state index >= 15 is 0 Å². The fraction of sp³-hybridized carbons (Fsp3) is 0.281. The number of aliphatic hydroxyl groups excluding tert-OH is 1. The summed E-state index contributed by atoms with van der Waals surface area (Å²) < 4.78 is 26.4. The lowest BCUT2D eigenvalue weighted by atomic mass is 9.95. The molecule has 0 spiro atoms. The van der Waals surface area contributed by atoms with E-state index in [9.17, 15) is 19.1 Å². The van der Waals surface area contributed by atoms with E-state index in [1.807, 2.05) is 26.0 Å². The SMILES string of the molecule is CCOc1cc(C2C(=C(O)c3ccc(C)cc3)C(=O)C(=O)N2c2nc3ccc(F)cc3s2)ccc1OCCC(C)C. The number of halogens is 1. The predicted molar refractivity (Wildman–Crippen MR) is 158 cm³/mol. The third kappa shape index (κ3) is 5.67. The highest BCUT2D eigenvalue weighted by molar-refractivity contribution is 7.22. The Kier molecular flexibility index (Phi) is 8.08. The fourth-order valence-electron chi connectivity index (χ4n) is 4.69. The summed E-state index contributed by atoms with van der Waals surface area (Å²) in [6, 6.07) is 15.4. The molecule has 0 saturated carbocycles. The summed E-state index contributed by atoms with van der Waals surface area (Å²) in [6.45, 7) is 8.88. The summed E-state index contributed by atoms with van der Waals surface area (Å²) in [4.78, 5) is 33.0. The van der Waals surface area contributed by atoms with Crippen LogP contribution in [0.15, 0.2) is 66.2 Å². The quantitative estimate of drug-likeness (QED) is 0.129. The second-order valence-electron chi connectivity index (χ2n) is 10.3. The third-order valence-corrected chi connectivity index (χ3v) is 7.87. The Morgan fingerprint density at radius 1 is 1.05 bits per heavy atom. The van der Waals surface area contributed by atoms with Crippen molar-refractivity contribution < 1.29 is 28.6 Å². The molecule has 3 aromatic carbocycles. The first-order chi connectivity index (χ1) is 19.7. The fourth-order valence-corrected chi connectivity index (χ4v) is 5.71. The Morgan fingerprint density at radius 3 is 2.51 bits per heavy atom. The monoisotopic (exact) mass is 574 g/mol. The van der Waals surface area contributed by atoms with Gasteiger partial charge in [-0.3, -0.25) is 14.5 Å². The van der Waals surface area contributed by atoms with Crippen molar-refractivity contribution in [2.24, 2.45) is 5.92 Å². The van der Waals surface area contributed by atoms with Crippen molar-refractivity contribution in [3.05, 3.63) is 88.7 Å². The average molecular weight is 575 g/mol. The van der Waals surface area contributed by atoms with Gasteiger partial charge in [-0.25, -0.2) is 9.37 Å². The Morgan fingerprint density at radius 2 is 1.80 bits per heavy atom. The molecule has 1 N–H and O–H groups in total. The molecular weight excluding hydrogens is 543 g/mol. The lowest BCUT2D eigenvalue weighted by Crippen LogP contribution is -2.29. The number of anilines is 1. The van der Waals surface area contributed by atoms with E-state index in [0.717, 1.165) is 23.3 Å². The zero-order valence-electron chi connectivity index (χ0n) is 23.3. The van der Waals surface area contributed by atoms with Gasteiger partial charge in [0.15, 0.2) is 16.6 Å². The van der Waals surface area contributed by atoms with Crippen molar-refractivity contribution in [1.82, 2.24) is 4.98 Å². The second kappa shape index (κ2) is 11.7. The molecule has 1 amide bonds. The van der Waals surface area contributed by atoms with E-state index in [1.54, 1.807) is 30.3 Å². The lowest BCUT2D eigenvalue weighted by Gasteiger charge is -2.24. The van der Waals surface area contributed by atoms with Crippen LogP contribution in [-0.2, 0) is 9.59 Å². The number of carbonyl (C=O) groups is 2. The van der Waals surface area contributed by atoms with Gasteiger partial charge in [0.1, 0.15) is 11.6 Å². The molecule has 1 atom stereocenters. The van der Waals surface area contributed by atoms with Gasteiger partial charge in [0.05, 0.1) is 35.0 Å². The zero-order chi connectivity index (χ0) is 29.3. The molecule has 0 bridgehead atoms. The molecule has 1 saturated heterocycles. The number of hydrogen-bond donors (Lipinski definition) is 1. The maximum Gasteiger partial charge on any atom is 0.301 e. The number of carbonyl (C=O) groups excluding carboxylic acids is 2. The first-order valence-electron chi connectivity index (χ1n) is 13.5. The number of nitrogens with zero attached hydrogens (tertiary/aromatic N) is 2. The molecular formula is C32H31FN2O5S. The third-order valence-electron chi connectivity index (χ3n) is 6.85. The van der Waals surface area contributed by atoms with Gasteiger partial charge in [-0.15, -0.1) is 0 Å². The number of thiazole rings is 1. The first kappa shape index (κ1) is 28.3. The number of amides is 1. The number of benzene rings is 3. The standard InChI is InChI=1S/C32H31FN2O5S/c1-5-39-25-16-21(10-13-24(25)40-15-14-18(2)3)28-27(29(36)20-8-6-19(4)7-9-20)30(37)31(38)35(28)32-34-23-12-11-22(33)17-26(23)41-32/h6-13,16-18,28,36H,5,14-15H2,1-4H3. The van der Waals surface area contributed by atoms with Crippen molar-refractivity contribution in [2.45, 2.75) is 40.2 Å². The average Bonchev–Trinajstić information content (AvgIpc) is 3.47. The van der Waals surface area contributed by atoms with Crippen molar-refractivity contribution in [2.75, 3.05) is 18.1 Å². The van der Waals surface area contributed by atoms with E-state index in [2.05, 4.69) is 18.8 Å². The van der Waals surface area contributed by atoms with Crippen LogP contribution in [-0.4, -0.2) is 35.0 Å². The van der Waals surface area contributed by atoms with E-state index < -0.39 is 23.5 Å². The lowest BCUT2D eigenvalue weighted by molar-refractivity contribution is -0.132. The molecule has 1 aromatic heterocycles. The molecule has 1 fully saturated rings. The Bertz CT molecular complexity index is 1640. The zero-order valence-corrected chi connectivity index (χ0v) is 24.1. The minimum absolute atomic E-state index is 0.0692. The van der Waals surface area contributed by atoms with Crippen LogP contribution in [0.2, 0.25) is 0 Å². The van der Waals surface area contributed by atoms with Crippen molar-refractivity contribution in [3.8, 4) is 11.5 Å². The van der Waals surface area contributed by atoms with Gasteiger partial charge in [-0.2, -0.15) is 0 Å². The number of aryl methyl sites for hydroxylation is 1. The number of ketones is 1. The largest absolute Gasteiger partial charge is 0.507 e. The maximum absolute atomic E-state index is 14.0. The molecule has 9 heteroatoms. The number of fused-ring (bicyclic) bond motifs is 1. The van der Waals surface area contributed by atoms with Crippen LogP contribution in [0.3, 0.4) is 0 Å². The van der Waals surface area contributed by atoms with Crippen LogP contribution in [0.4, 0.5) is 9.52 Å². The van der Waals surface area contributed by atoms with Crippen molar-refractivity contribution >= 4 is 44.1 Å². The Hall–Kier alpha value is -4.24. The molecule has 1 aliphatic heterocycles. The summed E-state index contributed by atoms with van der Waals surface area (Å²) >= 11 is 1.10. The van der Waals surface area contributed by atoms with Gasteiger partial charge < -0.3 is 14.6 Å². The molecule has 2 heterocycles. The number of rotatable bonds is 9. The molecule has 7 nitrogen and oxygen atoms in total. The number of ether oxygens (including phenoxy) is 2. The van der Waals surface area contributed by atoms with Gasteiger partial charge in [0, 0.05) is 5.56 Å². The van der Waals surface area contributed by atoms with Crippen LogP contribution in [0, 0.1) is 18.7 Å². The number of aromatic nitrogens is 1. The maximum atomic E-state index is 14.0. The molecule has 41 heavy (non-hydrogen) atoms. The van der Waals surface area contributed by atoms with E-state index in [4.69, 9.17) is 9.47 Å². The minimum Gasteiger partial charge on any atom is -0.507 e. The topological polar surface area (TPSA) is 89.0 Å². The summed E-state index contributed by atoms with van der Waals surface area (Å²) in [5.74, 6) is -0.928. The number of aliphatic hydroxyl groups is 1. The predicted octanol–water partition coefficient (Wildman–Crippen LogP) is 7.19. The Balaban J connectivity index is 1.67. The normalized spacial score (nSPS) is 16.6.